The SMILES string of the molecule is COc1ccc(C2(C(=O)N3CCC4(CCN(C(=O)c5cccnc5SC)CC4)C3)CC2)cc1. The van der Waals surface area contributed by atoms with Gasteiger partial charge in [-0.2, -0.15) is 0 Å². The second-order valence-electron chi connectivity index (χ2n) is 9.64. The maximum atomic E-state index is 13.6. The number of benzene rings is 1. The summed E-state index contributed by atoms with van der Waals surface area (Å²) in [4.78, 5) is 35.1. The molecule has 1 aromatic carbocycles. The fraction of sp³-hybridized carbons (Fsp3) is 0.500. The van der Waals surface area contributed by atoms with E-state index in [2.05, 4.69) is 9.88 Å². The molecule has 3 fully saturated rings. The van der Waals surface area contributed by atoms with Crippen LogP contribution in [0.15, 0.2) is 47.6 Å². The molecule has 1 aromatic heterocycles. The van der Waals surface area contributed by atoms with Gasteiger partial charge in [-0.15, -0.1) is 11.8 Å². The second kappa shape index (κ2) is 8.67. The average Bonchev–Trinajstić information content (AvgIpc) is 3.59. The van der Waals surface area contributed by atoms with Crippen molar-refractivity contribution in [2.45, 2.75) is 42.5 Å². The Morgan fingerprint density at radius 3 is 2.24 bits per heavy atom. The molecule has 1 aliphatic carbocycles. The van der Waals surface area contributed by atoms with Crippen molar-refractivity contribution in [3.8, 4) is 5.75 Å². The van der Waals surface area contributed by atoms with Gasteiger partial charge in [0.1, 0.15) is 10.8 Å². The molecule has 0 bridgehead atoms. The Labute approximate surface area is 199 Å². The lowest BCUT2D eigenvalue weighted by molar-refractivity contribution is -0.133. The van der Waals surface area contributed by atoms with Crippen LogP contribution in [0.25, 0.3) is 0 Å². The molecule has 2 amide bonds. The lowest BCUT2D eigenvalue weighted by atomic mass is 9.77. The molecule has 2 saturated heterocycles. The Morgan fingerprint density at radius 1 is 0.970 bits per heavy atom. The van der Waals surface area contributed by atoms with Crippen LogP contribution in [0.1, 0.15) is 48.0 Å². The smallest absolute Gasteiger partial charge is 0.256 e. The molecule has 3 aliphatic rings. The Hall–Kier alpha value is -2.54. The summed E-state index contributed by atoms with van der Waals surface area (Å²) in [5.41, 5.74) is 1.60. The minimum atomic E-state index is -0.344. The first-order valence-electron chi connectivity index (χ1n) is 11.7. The first-order chi connectivity index (χ1) is 16.0. The number of hydrogen-bond acceptors (Lipinski definition) is 5. The third kappa shape index (κ3) is 4.01. The number of methoxy groups -OCH3 is 1. The van der Waals surface area contributed by atoms with Crippen LogP contribution in [0, 0.1) is 5.41 Å². The Bertz CT molecular complexity index is 1040. The van der Waals surface area contributed by atoms with Gasteiger partial charge >= 0.3 is 0 Å². The van der Waals surface area contributed by atoms with E-state index in [4.69, 9.17) is 4.74 Å². The van der Waals surface area contributed by atoms with Crippen molar-refractivity contribution in [1.29, 1.82) is 0 Å². The monoisotopic (exact) mass is 465 g/mol. The number of carbonyl (C=O) groups excluding carboxylic acids is 2. The largest absolute Gasteiger partial charge is 0.497 e. The third-order valence-electron chi connectivity index (χ3n) is 7.83. The highest BCUT2D eigenvalue weighted by atomic mass is 32.2. The van der Waals surface area contributed by atoms with Crippen LogP contribution in [0.5, 0.6) is 5.75 Å². The van der Waals surface area contributed by atoms with Gasteiger partial charge in [-0.3, -0.25) is 9.59 Å². The number of carbonyl (C=O) groups is 2. The molecule has 0 unspecified atom stereocenters. The zero-order valence-electron chi connectivity index (χ0n) is 19.4. The number of likely N-dealkylation sites (tertiary alicyclic amines) is 2. The fourth-order valence-electron chi connectivity index (χ4n) is 5.55. The summed E-state index contributed by atoms with van der Waals surface area (Å²) < 4.78 is 5.28. The van der Waals surface area contributed by atoms with Crippen molar-refractivity contribution >= 4 is 23.6 Å². The summed E-state index contributed by atoms with van der Waals surface area (Å²) in [6.45, 7) is 3.12. The standard InChI is InChI=1S/C26H31N3O3S/c1-32-20-7-5-19(6-8-20)26(9-10-26)24(31)29-17-13-25(18-29)11-15-28(16-12-25)23(30)21-4-3-14-27-22(21)33-2/h3-8,14H,9-13,15-18H2,1-2H3. The van der Waals surface area contributed by atoms with Crippen molar-refractivity contribution in [2.75, 3.05) is 39.5 Å². The molecule has 6 nitrogen and oxygen atoms in total. The first-order valence-corrected chi connectivity index (χ1v) is 12.9. The van der Waals surface area contributed by atoms with Crippen molar-refractivity contribution in [3.63, 3.8) is 0 Å². The summed E-state index contributed by atoms with van der Waals surface area (Å²) in [6, 6.07) is 11.7. The molecule has 3 heterocycles. The Balaban J connectivity index is 1.22. The summed E-state index contributed by atoms with van der Waals surface area (Å²) in [7, 11) is 1.66. The van der Waals surface area contributed by atoms with Gasteiger partial charge in [-0.05, 0) is 73.6 Å². The average molecular weight is 466 g/mol. The van der Waals surface area contributed by atoms with Crippen LogP contribution in [0.3, 0.4) is 0 Å². The zero-order chi connectivity index (χ0) is 23.1. The number of hydrogen-bond donors (Lipinski definition) is 0. The predicted octanol–water partition coefficient (Wildman–Crippen LogP) is 4.00. The van der Waals surface area contributed by atoms with E-state index in [-0.39, 0.29) is 22.6 Å². The van der Waals surface area contributed by atoms with E-state index in [9.17, 15) is 9.59 Å². The number of ether oxygens (including phenoxy) is 1. The number of aromatic nitrogens is 1. The molecule has 33 heavy (non-hydrogen) atoms. The second-order valence-corrected chi connectivity index (χ2v) is 10.4. The van der Waals surface area contributed by atoms with Gasteiger partial charge in [0.25, 0.3) is 5.91 Å². The maximum Gasteiger partial charge on any atom is 0.256 e. The molecule has 174 valence electrons. The van der Waals surface area contributed by atoms with Crippen LogP contribution in [0.2, 0.25) is 0 Å². The summed E-state index contributed by atoms with van der Waals surface area (Å²) in [6.07, 6.45) is 8.46. The summed E-state index contributed by atoms with van der Waals surface area (Å²) in [5.74, 6) is 1.17. The Kier molecular flexibility index (Phi) is 5.85. The maximum absolute atomic E-state index is 13.6. The van der Waals surface area contributed by atoms with E-state index in [1.807, 2.05) is 47.6 Å². The molecule has 5 rings (SSSR count). The number of amides is 2. The normalized spacial score (nSPS) is 20.7. The molecule has 2 aromatic rings. The Morgan fingerprint density at radius 2 is 1.64 bits per heavy atom. The van der Waals surface area contributed by atoms with Crippen molar-refractivity contribution in [2.24, 2.45) is 5.41 Å². The van der Waals surface area contributed by atoms with Gasteiger partial charge in [0.2, 0.25) is 5.91 Å². The molecule has 1 saturated carbocycles. The van der Waals surface area contributed by atoms with E-state index in [0.29, 0.717) is 5.56 Å². The summed E-state index contributed by atoms with van der Waals surface area (Å²) in [5, 5.41) is 0.786. The van der Waals surface area contributed by atoms with E-state index >= 15 is 0 Å². The lowest BCUT2D eigenvalue weighted by Gasteiger charge is -2.39. The third-order valence-corrected chi connectivity index (χ3v) is 8.55. The van der Waals surface area contributed by atoms with Crippen molar-refractivity contribution in [3.05, 3.63) is 53.7 Å². The molecular weight excluding hydrogens is 434 g/mol. The highest BCUT2D eigenvalue weighted by Gasteiger charge is 2.55. The molecule has 2 aliphatic heterocycles. The van der Waals surface area contributed by atoms with Crippen LogP contribution in [-0.2, 0) is 10.2 Å². The van der Waals surface area contributed by atoms with Crippen molar-refractivity contribution in [1.82, 2.24) is 14.8 Å². The van der Waals surface area contributed by atoms with Gasteiger partial charge in [0.15, 0.2) is 0 Å². The van der Waals surface area contributed by atoms with Gasteiger partial charge in [-0.1, -0.05) is 12.1 Å². The topological polar surface area (TPSA) is 62.7 Å². The quantitative estimate of drug-likeness (QED) is 0.625. The molecule has 0 N–H and O–H groups in total. The number of piperidine rings is 1. The van der Waals surface area contributed by atoms with E-state index in [1.54, 1.807) is 13.3 Å². The van der Waals surface area contributed by atoms with Gasteiger partial charge in [0, 0.05) is 32.4 Å². The van der Waals surface area contributed by atoms with E-state index in [0.717, 1.165) is 74.6 Å². The van der Waals surface area contributed by atoms with Gasteiger partial charge in [-0.25, -0.2) is 4.98 Å². The van der Waals surface area contributed by atoms with E-state index in [1.165, 1.54) is 11.8 Å². The lowest BCUT2D eigenvalue weighted by Crippen LogP contribution is -2.45. The molecular formula is C26H31N3O3S. The van der Waals surface area contributed by atoms with Gasteiger partial charge in [0.05, 0.1) is 18.1 Å². The number of rotatable bonds is 5. The highest BCUT2D eigenvalue weighted by Crippen LogP contribution is 2.52. The highest BCUT2D eigenvalue weighted by molar-refractivity contribution is 7.98. The number of thioether (sulfide) groups is 1. The van der Waals surface area contributed by atoms with Crippen LogP contribution >= 0.6 is 11.8 Å². The minimum Gasteiger partial charge on any atom is -0.497 e. The fourth-order valence-corrected chi connectivity index (χ4v) is 6.09. The molecule has 0 atom stereocenters. The predicted molar refractivity (Wildman–Crippen MR) is 129 cm³/mol. The van der Waals surface area contributed by atoms with Crippen LogP contribution in [0.4, 0.5) is 0 Å². The van der Waals surface area contributed by atoms with E-state index < -0.39 is 0 Å². The first kappa shape index (κ1) is 22.3. The molecule has 0 radical (unpaired) electrons. The summed E-state index contributed by atoms with van der Waals surface area (Å²) >= 11 is 1.51. The minimum absolute atomic E-state index is 0.0738. The number of nitrogens with zero attached hydrogens (tertiary/aromatic N) is 3. The van der Waals surface area contributed by atoms with Crippen molar-refractivity contribution < 1.29 is 14.3 Å². The molecule has 1 spiro atoms. The van der Waals surface area contributed by atoms with Gasteiger partial charge < -0.3 is 14.5 Å². The van der Waals surface area contributed by atoms with Crippen LogP contribution < -0.4 is 4.74 Å². The molecule has 7 heteroatoms. The number of pyridine rings is 1. The zero-order valence-corrected chi connectivity index (χ0v) is 20.2. The van der Waals surface area contributed by atoms with Crippen LogP contribution in [-0.4, -0.2) is 66.1 Å².